The summed E-state index contributed by atoms with van der Waals surface area (Å²) in [5, 5.41) is 3.88. The molecule has 0 aliphatic carbocycles. The Morgan fingerprint density at radius 3 is 2.39 bits per heavy atom. The molecule has 6 nitrogen and oxygen atoms in total. The molecular weight excluding hydrogens is 399 g/mol. The Balaban J connectivity index is 1.61. The molecule has 1 N–H and O–H groups in total. The third-order valence-corrected chi connectivity index (χ3v) is 4.10. The zero-order valence-corrected chi connectivity index (χ0v) is 16.6. The van der Waals surface area contributed by atoms with Gasteiger partial charge in [-0.25, -0.2) is 14.6 Å². The van der Waals surface area contributed by atoms with E-state index in [0.29, 0.717) is 11.3 Å². The van der Waals surface area contributed by atoms with E-state index in [9.17, 15) is 14.0 Å². The molecule has 7 heteroatoms. The Bertz CT molecular complexity index is 1110. The molecule has 3 rings (SSSR count). The zero-order chi connectivity index (χ0) is 22.1. The van der Waals surface area contributed by atoms with Gasteiger partial charge in [0.25, 0.3) is 5.91 Å². The number of benzene rings is 3. The molecule has 3 aromatic carbocycles. The number of rotatable bonds is 7. The van der Waals surface area contributed by atoms with Gasteiger partial charge in [0.1, 0.15) is 5.82 Å². The molecule has 0 spiro atoms. The minimum absolute atomic E-state index is 0.248. The van der Waals surface area contributed by atoms with E-state index < -0.39 is 17.7 Å². The van der Waals surface area contributed by atoms with E-state index in [1.54, 1.807) is 24.3 Å². The maximum Gasteiger partial charge on any atom is 0.336 e. The molecule has 0 saturated heterocycles. The van der Waals surface area contributed by atoms with Crippen molar-refractivity contribution in [3.05, 3.63) is 101 Å². The molecule has 0 aliphatic rings. The first-order chi connectivity index (χ1) is 15.0. The van der Waals surface area contributed by atoms with Crippen LogP contribution in [0.1, 0.15) is 21.5 Å². The fraction of sp³-hybridized carbons (Fsp3) is 0.0417. The van der Waals surface area contributed by atoms with E-state index in [1.165, 1.54) is 43.7 Å². The SMILES string of the molecule is COc1cc(C=NNC(=O)c2ccc(F)cc2)ccc1OC(=O)C=Cc1ccccc1. The molecule has 31 heavy (non-hydrogen) atoms. The van der Waals surface area contributed by atoms with Crippen molar-refractivity contribution in [3.8, 4) is 11.5 Å². The van der Waals surface area contributed by atoms with Gasteiger partial charge in [-0.2, -0.15) is 5.10 Å². The molecule has 156 valence electrons. The van der Waals surface area contributed by atoms with Crippen molar-refractivity contribution >= 4 is 24.2 Å². The number of nitrogens with one attached hydrogen (secondary N) is 1. The topological polar surface area (TPSA) is 77.0 Å². The number of ether oxygens (including phenoxy) is 2. The van der Waals surface area contributed by atoms with E-state index in [2.05, 4.69) is 10.5 Å². The fourth-order valence-electron chi connectivity index (χ4n) is 2.55. The highest BCUT2D eigenvalue weighted by Gasteiger charge is 2.09. The van der Waals surface area contributed by atoms with Gasteiger partial charge in [-0.15, -0.1) is 0 Å². The van der Waals surface area contributed by atoms with Gasteiger partial charge in [0.05, 0.1) is 13.3 Å². The van der Waals surface area contributed by atoms with Crippen LogP contribution in [0, 0.1) is 5.82 Å². The number of amides is 1. The number of nitrogens with zero attached hydrogens (tertiary/aromatic N) is 1. The van der Waals surface area contributed by atoms with Crippen LogP contribution in [0.25, 0.3) is 6.08 Å². The van der Waals surface area contributed by atoms with Crippen molar-refractivity contribution in [3.63, 3.8) is 0 Å². The number of hydrazone groups is 1. The second-order valence-corrected chi connectivity index (χ2v) is 6.28. The fourth-order valence-corrected chi connectivity index (χ4v) is 2.55. The highest BCUT2D eigenvalue weighted by Crippen LogP contribution is 2.27. The summed E-state index contributed by atoms with van der Waals surface area (Å²) in [4.78, 5) is 24.1. The number of hydrogen-bond donors (Lipinski definition) is 1. The summed E-state index contributed by atoms with van der Waals surface area (Å²) < 4.78 is 23.5. The average molecular weight is 418 g/mol. The summed E-state index contributed by atoms with van der Waals surface area (Å²) in [6, 6.07) is 19.3. The summed E-state index contributed by atoms with van der Waals surface area (Å²) in [6.07, 6.45) is 4.39. The van der Waals surface area contributed by atoms with Gasteiger partial charge < -0.3 is 9.47 Å². The lowest BCUT2D eigenvalue weighted by Crippen LogP contribution is -2.17. The van der Waals surface area contributed by atoms with Crippen LogP contribution in [0.3, 0.4) is 0 Å². The lowest BCUT2D eigenvalue weighted by atomic mass is 10.2. The zero-order valence-electron chi connectivity index (χ0n) is 16.6. The Labute approximate surface area is 178 Å². The van der Waals surface area contributed by atoms with Gasteiger partial charge in [-0.1, -0.05) is 30.3 Å². The summed E-state index contributed by atoms with van der Waals surface area (Å²) in [5.74, 6) is -0.870. The van der Waals surface area contributed by atoms with E-state index in [4.69, 9.17) is 9.47 Å². The molecule has 0 fully saturated rings. The van der Waals surface area contributed by atoms with Crippen molar-refractivity contribution < 1.29 is 23.5 Å². The van der Waals surface area contributed by atoms with Crippen molar-refractivity contribution in [2.24, 2.45) is 5.10 Å². The van der Waals surface area contributed by atoms with Crippen molar-refractivity contribution in [2.45, 2.75) is 0 Å². The molecular formula is C24H19FN2O4. The third kappa shape index (κ3) is 6.37. The van der Waals surface area contributed by atoms with E-state index in [-0.39, 0.29) is 11.3 Å². The molecule has 0 saturated carbocycles. The highest BCUT2D eigenvalue weighted by molar-refractivity contribution is 5.95. The Morgan fingerprint density at radius 2 is 1.68 bits per heavy atom. The van der Waals surface area contributed by atoms with Crippen molar-refractivity contribution in [1.29, 1.82) is 0 Å². The van der Waals surface area contributed by atoms with Crippen LogP contribution in [-0.4, -0.2) is 25.2 Å². The van der Waals surface area contributed by atoms with Gasteiger partial charge in [-0.3, -0.25) is 4.79 Å². The third-order valence-electron chi connectivity index (χ3n) is 4.10. The average Bonchev–Trinajstić information content (AvgIpc) is 2.79. The number of esters is 1. The van der Waals surface area contributed by atoms with Crippen LogP contribution in [0.5, 0.6) is 11.5 Å². The van der Waals surface area contributed by atoms with Crippen LogP contribution in [0.4, 0.5) is 4.39 Å². The van der Waals surface area contributed by atoms with Gasteiger partial charge in [0.2, 0.25) is 0 Å². The summed E-state index contributed by atoms with van der Waals surface area (Å²) in [6.45, 7) is 0. The van der Waals surface area contributed by atoms with Crippen molar-refractivity contribution in [2.75, 3.05) is 7.11 Å². The maximum absolute atomic E-state index is 12.9. The smallest absolute Gasteiger partial charge is 0.336 e. The Hall–Kier alpha value is -4.26. The molecule has 0 aromatic heterocycles. The van der Waals surface area contributed by atoms with Gasteiger partial charge in [0, 0.05) is 11.6 Å². The summed E-state index contributed by atoms with van der Waals surface area (Å²) >= 11 is 0. The van der Waals surface area contributed by atoms with Crippen LogP contribution < -0.4 is 14.9 Å². The van der Waals surface area contributed by atoms with Gasteiger partial charge in [0.15, 0.2) is 11.5 Å². The minimum Gasteiger partial charge on any atom is -0.493 e. The molecule has 0 bridgehead atoms. The standard InChI is InChI=1S/C24H19FN2O4/c1-30-22-15-18(16-26-27-24(29)19-9-11-20(25)12-10-19)7-13-21(22)31-23(28)14-8-17-5-3-2-4-6-17/h2-16H,1H3,(H,27,29). The monoisotopic (exact) mass is 418 g/mol. The first-order valence-corrected chi connectivity index (χ1v) is 9.27. The van der Waals surface area contributed by atoms with E-state index in [0.717, 1.165) is 5.56 Å². The second-order valence-electron chi connectivity index (χ2n) is 6.28. The minimum atomic E-state index is -0.546. The van der Waals surface area contributed by atoms with Crippen LogP contribution in [0.15, 0.2) is 84.0 Å². The second kappa shape index (κ2) is 10.5. The molecule has 0 aliphatic heterocycles. The first kappa shape index (κ1) is 21.4. The van der Waals surface area contributed by atoms with Crippen LogP contribution in [0.2, 0.25) is 0 Å². The number of hydrogen-bond acceptors (Lipinski definition) is 5. The normalized spacial score (nSPS) is 10.9. The maximum atomic E-state index is 12.9. The van der Waals surface area contributed by atoms with E-state index in [1.807, 2.05) is 30.3 Å². The lowest BCUT2D eigenvalue weighted by Gasteiger charge is -2.08. The Morgan fingerprint density at radius 1 is 0.935 bits per heavy atom. The summed E-state index contributed by atoms with van der Waals surface area (Å²) in [5.41, 5.74) is 4.12. The number of methoxy groups -OCH3 is 1. The van der Waals surface area contributed by atoms with Crippen molar-refractivity contribution in [1.82, 2.24) is 5.43 Å². The predicted molar refractivity (Wildman–Crippen MR) is 116 cm³/mol. The largest absolute Gasteiger partial charge is 0.493 e. The Kier molecular flexibility index (Phi) is 7.26. The molecule has 0 unspecified atom stereocenters. The number of carbonyl (C=O) groups excluding carboxylic acids is 2. The highest BCUT2D eigenvalue weighted by atomic mass is 19.1. The van der Waals surface area contributed by atoms with Gasteiger partial charge >= 0.3 is 5.97 Å². The number of carbonyl (C=O) groups is 2. The lowest BCUT2D eigenvalue weighted by molar-refractivity contribution is -0.129. The first-order valence-electron chi connectivity index (χ1n) is 9.27. The molecule has 0 atom stereocenters. The number of halogens is 1. The quantitative estimate of drug-likeness (QED) is 0.205. The molecule has 0 radical (unpaired) electrons. The van der Waals surface area contributed by atoms with Gasteiger partial charge in [-0.05, 0) is 59.7 Å². The predicted octanol–water partition coefficient (Wildman–Crippen LogP) is 4.22. The van der Waals surface area contributed by atoms with Crippen LogP contribution >= 0.6 is 0 Å². The summed E-state index contributed by atoms with van der Waals surface area (Å²) in [7, 11) is 1.45. The van der Waals surface area contributed by atoms with Crippen LogP contribution in [-0.2, 0) is 4.79 Å². The molecule has 0 heterocycles. The van der Waals surface area contributed by atoms with E-state index >= 15 is 0 Å². The molecule has 3 aromatic rings. The molecule has 1 amide bonds.